The summed E-state index contributed by atoms with van der Waals surface area (Å²) in [6, 6.07) is 0. The highest BCUT2D eigenvalue weighted by molar-refractivity contribution is 4.50. The summed E-state index contributed by atoms with van der Waals surface area (Å²) in [5, 5.41) is 8.71. The minimum atomic E-state index is 0.324. The highest BCUT2D eigenvalue weighted by Crippen LogP contribution is 2.07. The SMILES string of the molecule is COCCCCCC(C)CO. The van der Waals surface area contributed by atoms with Gasteiger partial charge >= 0.3 is 0 Å². The average Bonchev–Trinajstić information content (AvgIpc) is 2.04. The van der Waals surface area contributed by atoms with Crippen LogP contribution >= 0.6 is 0 Å². The molecule has 0 radical (unpaired) electrons. The number of rotatable bonds is 7. The zero-order valence-corrected chi connectivity index (χ0v) is 7.68. The van der Waals surface area contributed by atoms with Crippen molar-refractivity contribution in [3.05, 3.63) is 0 Å². The molecule has 0 saturated carbocycles. The molecule has 0 aromatic heterocycles. The smallest absolute Gasteiger partial charge is 0.0462 e. The van der Waals surface area contributed by atoms with E-state index in [1.165, 1.54) is 12.8 Å². The standard InChI is InChI=1S/C9H20O2/c1-9(8-10)6-4-3-5-7-11-2/h9-10H,3-8H2,1-2H3. The minimum Gasteiger partial charge on any atom is -0.396 e. The molecule has 0 bridgehead atoms. The molecule has 0 aromatic rings. The van der Waals surface area contributed by atoms with Gasteiger partial charge in [0.15, 0.2) is 0 Å². The summed E-state index contributed by atoms with van der Waals surface area (Å²) in [5.41, 5.74) is 0. The van der Waals surface area contributed by atoms with Gasteiger partial charge in [0, 0.05) is 20.3 Å². The Bertz CT molecular complexity index is 74.0. The first-order valence-corrected chi connectivity index (χ1v) is 4.41. The first-order chi connectivity index (χ1) is 5.31. The molecule has 11 heavy (non-hydrogen) atoms. The van der Waals surface area contributed by atoms with Crippen molar-refractivity contribution in [3.8, 4) is 0 Å². The summed E-state index contributed by atoms with van der Waals surface area (Å²) >= 11 is 0. The van der Waals surface area contributed by atoms with Crippen LogP contribution < -0.4 is 0 Å². The first kappa shape index (κ1) is 10.9. The average molecular weight is 160 g/mol. The van der Waals surface area contributed by atoms with Gasteiger partial charge in [-0.25, -0.2) is 0 Å². The summed E-state index contributed by atoms with van der Waals surface area (Å²) in [6.45, 7) is 3.27. The summed E-state index contributed by atoms with van der Waals surface area (Å²) in [5.74, 6) is 0.470. The van der Waals surface area contributed by atoms with E-state index in [1.54, 1.807) is 7.11 Å². The van der Waals surface area contributed by atoms with Crippen LogP contribution in [0, 0.1) is 5.92 Å². The molecule has 0 amide bonds. The molecule has 0 aromatic carbocycles. The third-order valence-electron chi connectivity index (χ3n) is 1.86. The van der Waals surface area contributed by atoms with Gasteiger partial charge in [-0.15, -0.1) is 0 Å². The van der Waals surface area contributed by atoms with E-state index in [0.717, 1.165) is 19.4 Å². The lowest BCUT2D eigenvalue weighted by atomic mass is 10.0. The maximum atomic E-state index is 8.71. The normalized spacial score (nSPS) is 13.4. The lowest BCUT2D eigenvalue weighted by Crippen LogP contribution is -2.00. The van der Waals surface area contributed by atoms with Crippen LogP contribution in [-0.4, -0.2) is 25.4 Å². The fourth-order valence-corrected chi connectivity index (χ4v) is 1.01. The number of hydrogen-bond donors (Lipinski definition) is 1. The second-order valence-electron chi connectivity index (χ2n) is 3.13. The van der Waals surface area contributed by atoms with Gasteiger partial charge in [0.05, 0.1) is 0 Å². The molecule has 0 fully saturated rings. The van der Waals surface area contributed by atoms with Crippen LogP contribution in [0.25, 0.3) is 0 Å². The highest BCUT2D eigenvalue weighted by Gasteiger charge is 1.98. The molecule has 0 heterocycles. The molecule has 1 atom stereocenters. The maximum Gasteiger partial charge on any atom is 0.0462 e. The highest BCUT2D eigenvalue weighted by atomic mass is 16.5. The number of hydrogen-bond acceptors (Lipinski definition) is 2. The minimum absolute atomic E-state index is 0.324. The lowest BCUT2D eigenvalue weighted by molar-refractivity contribution is 0.189. The Morgan fingerprint density at radius 1 is 1.27 bits per heavy atom. The molecule has 2 heteroatoms. The van der Waals surface area contributed by atoms with Crippen molar-refractivity contribution in [2.45, 2.75) is 32.6 Å². The molecule has 0 spiro atoms. The second-order valence-corrected chi connectivity index (χ2v) is 3.13. The molecular formula is C9H20O2. The van der Waals surface area contributed by atoms with Gasteiger partial charge < -0.3 is 9.84 Å². The topological polar surface area (TPSA) is 29.5 Å². The van der Waals surface area contributed by atoms with E-state index in [2.05, 4.69) is 6.92 Å². The zero-order valence-electron chi connectivity index (χ0n) is 7.68. The van der Waals surface area contributed by atoms with E-state index >= 15 is 0 Å². The third kappa shape index (κ3) is 7.82. The molecule has 1 N–H and O–H groups in total. The largest absolute Gasteiger partial charge is 0.396 e. The van der Waals surface area contributed by atoms with Crippen LogP contribution in [-0.2, 0) is 4.74 Å². The Morgan fingerprint density at radius 2 is 2.00 bits per heavy atom. The van der Waals surface area contributed by atoms with Crippen LogP contribution in [0.4, 0.5) is 0 Å². The van der Waals surface area contributed by atoms with Crippen molar-refractivity contribution in [1.82, 2.24) is 0 Å². The van der Waals surface area contributed by atoms with E-state index in [4.69, 9.17) is 9.84 Å². The number of aliphatic hydroxyl groups excluding tert-OH is 1. The van der Waals surface area contributed by atoms with Crippen LogP contribution in [0.1, 0.15) is 32.6 Å². The van der Waals surface area contributed by atoms with Gasteiger partial charge in [-0.1, -0.05) is 19.8 Å². The van der Waals surface area contributed by atoms with Gasteiger partial charge in [0.2, 0.25) is 0 Å². The number of unbranched alkanes of at least 4 members (excludes halogenated alkanes) is 2. The third-order valence-corrected chi connectivity index (χ3v) is 1.86. The molecule has 2 nitrogen and oxygen atoms in total. The molecule has 0 aliphatic carbocycles. The van der Waals surface area contributed by atoms with Crippen molar-refractivity contribution in [1.29, 1.82) is 0 Å². The molecule has 1 unspecified atom stereocenters. The molecule has 0 aliphatic rings. The van der Waals surface area contributed by atoms with Gasteiger partial charge in [-0.2, -0.15) is 0 Å². The number of methoxy groups -OCH3 is 1. The number of aliphatic hydroxyl groups is 1. The molecule has 0 aliphatic heterocycles. The molecule has 68 valence electrons. The van der Waals surface area contributed by atoms with Crippen molar-refractivity contribution >= 4 is 0 Å². The van der Waals surface area contributed by atoms with E-state index < -0.39 is 0 Å². The summed E-state index contributed by atoms with van der Waals surface area (Å²) in [6.07, 6.45) is 4.72. The Labute approximate surface area is 69.6 Å². The summed E-state index contributed by atoms with van der Waals surface area (Å²) < 4.78 is 4.93. The second kappa shape index (κ2) is 8.02. The lowest BCUT2D eigenvalue weighted by Gasteiger charge is -2.06. The van der Waals surface area contributed by atoms with Gasteiger partial charge in [0.1, 0.15) is 0 Å². The molecule has 0 saturated heterocycles. The predicted molar refractivity (Wildman–Crippen MR) is 46.6 cm³/mol. The van der Waals surface area contributed by atoms with Crippen molar-refractivity contribution in [2.75, 3.05) is 20.3 Å². The van der Waals surface area contributed by atoms with Gasteiger partial charge in [0.25, 0.3) is 0 Å². The van der Waals surface area contributed by atoms with Crippen molar-refractivity contribution < 1.29 is 9.84 Å². The van der Waals surface area contributed by atoms with Gasteiger partial charge in [-0.3, -0.25) is 0 Å². The quantitative estimate of drug-likeness (QED) is 0.576. The predicted octanol–water partition coefficient (Wildman–Crippen LogP) is 1.82. The number of ether oxygens (including phenoxy) is 1. The van der Waals surface area contributed by atoms with Crippen molar-refractivity contribution in [2.24, 2.45) is 5.92 Å². The Balaban J connectivity index is 2.89. The van der Waals surface area contributed by atoms with Crippen LogP contribution in [0.5, 0.6) is 0 Å². The Hall–Kier alpha value is -0.0800. The fourth-order valence-electron chi connectivity index (χ4n) is 1.01. The molecule has 0 rings (SSSR count). The summed E-state index contributed by atoms with van der Waals surface area (Å²) in [4.78, 5) is 0. The Morgan fingerprint density at radius 3 is 2.55 bits per heavy atom. The fraction of sp³-hybridized carbons (Fsp3) is 1.00. The maximum absolute atomic E-state index is 8.71. The van der Waals surface area contributed by atoms with E-state index in [1.807, 2.05) is 0 Å². The van der Waals surface area contributed by atoms with E-state index in [9.17, 15) is 0 Å². The monoisotopic (exact) mass is 160 g/mol. The summed E-state index contributed by atoms with van der Waals surface area (Å²) in [7, 11) is 1.73. The van der Waals surface area contributed by atoms with Crippen LogP contribution in [0.15, 0.2) is 0 Å². The Kier molecular flexibility index (Phi) is 7.96. The van der Waals surface area contributed by atoms with E-state index in [-0.39, 0.29) is 0 Å². The van der Waals surface area contributed by atoms with Crippen molar-refractivity contribution in [3.63, 3.8) is 0 Å². The van der Waals surface area contributed by atoms with Gasteiger partial charge in [-0.05, 0) is 18.8 Å². The molecular weight excluding hydrogens is 140 g/mol. The van der Waals surface area contributed by atoms with Crippen LogP contribution in [0.2, 0.25) is 0 Å². The van der Waals surface area contributed by atoms with Crippen LogP contribution in [0.3, 0.4) is 0 Å². The first-order valence-electron chi connectivity index (χ1n) is 4.41. The zero-order chi connectivity index (χ0) is 8.53. The van der Waals surface area contributed by atoms with E-state index in [0.29, 0.717) is 12.5 Å².